The third kappa shape index (κ3) is 2.88. The first kappa shape index (κ1) is 20.7. The first-order chi connectivity index (χ1) is 15.3. The number of ether oxygens (including phenoxy) is 1. The van der Waals surface area contributed by atoms with Crippen molar-refractivity contribution in [3.05, 3.63) is 59.2 Å². The number of nitrogens with one attached hydrogen (secondary N) is 1. The summed E-state index contributed by atoms with van der Waals surface area (Å²) in [7, 11) is 1.46. The molecule has 5 rings (SSSR count). The van der Waals surface area contributed by atoms with Gasteiger partial charge in [0.05, 0.1) is 17.2 Å². The van der Waals surface area contributed by atoms with Crippen LogP contribution in [-0.2, 0) is 9.53 Å². The number of carboxylic acids is 1. The van der Waals surface area contributed by atoms with Crippen LogP contribution >= 0.6 is 0 Å². The summed E-state index contributed by atoms with van der Waals surface area (Å²) < 4.78 is 21.7. The van der Waals surface area contributed by atoms with Gasteiger partial charge in [0.25, 0.3) is 0 Å². The highest BCUT2D eigenvalue weighted by molar-refractivity contribution is 5.99. The van der Waals surface area contributed by atoms with Crippen molar-refractivity contribution in [2.24, 2.45) is 0 Å². The molecular formula is C25H26FN3O3. The second-order valence-corrected chi connectivity index (χ2v) is 9.16. The van der Waals surface area contributed by atoms with Crippen LogP contribution in [0, 0.1) is 12.7 Å². The third-order valence-corrected chi connectivity index (χ3v) is 6.89. The molecule has 0 radical (unpaired) electrons. The van der Waals surface area contributed by atoms with E-state index in [1.807, 2.05) is 6.07 Å². The van der Waals surface area contributed by atoms with Crippen molar-refractivity contribution in [1.82, 2.24) is 14.8 Å². The van der Waals surface area contributed by atoms with E-state index < -0.39 is 11.6 Å². The smallest absolute Gasteiger partial charge is 0.335 e. The minimum Gasteiger partial charge on any atom is -0.479 e. The molecule has 1 saturated carbocycles. The minimum absolute atomic E-state index is 0.0501. The standard InChI is InChI=1S/C25H26FN3O3/c1-13(2)23-22(16-10-25(11-16,32-4)24(30)31)18-9-20-15(12-27-28-20)8-21(18)29(23)17-5-6-19(26)14(3)7-17/h5-9,12-13,16H,10-11H2,1-4H3,(H,27,28)(H,30,31)/t16-,25+. The average Bonchev–Trinajstić information content (AvgIpc) is 3.30. The van der Waals surface area contributed by atoms with Crippen LogP contribution in [0.3, 0.4) is 0 Å². The van der Waals surface area contributed by atoms with Crippen LogP contribution in [0.4, 0.5) is 4.39 Å². The second-order valence-electron chi connectivity index (χ2n) is 9.16. The molecule has 0 spiro atoms. The van der Waals surface area contributed by atoms with Gasteiger partial charge in [-0.2, -0.15) is 5.10 Å². The summed E-state index contributed by atoms with van der Waals surface area (Å²) in [6.45, 7) is 6.04. The largest absolute Gasteiger partial charge is 0.479 e. The van der Waals surface area contributed by atoms with Gasteiger partial charge in [-0.15, -0.1) is 0 Å². The lowest BCUT2D eigenvalue weighted by Crippen LogP contribution is -2.51. The molecule has 7 heteroatoms. The zero-order chi connectivity index (χ0) is 22.8. The van der Waals surface area contributed by atoms with Crippen molar-refractivity contribution in [3.63, 3.8) is 0 Å². The molecule has 2 N–H and O–H groups in total. The Morgan fingerprint density at radius 1 is 1.31 bits per heavy atom. The van der Waals surface area contributed by atoms with Crippen molar-refractivity contribution >= 4 is 27.8 Å². The molecule has 0 saturated heterocycles. The normalized spacial score (nSPS) is 20.9. The molecule has 0 bridgehead atoms. The molecule has 2 aromatic carbocycles. The van der Waals surface area contributed by atoms with Gasteiger partial charge in [0.1, 0.15) is 5.82 Å². The van der Waals surface area contributed by atoms with Crippen molar-refractivity contribution in [2.45, 2.75) is 51.0 Å². The lowest BCUT2D eigenvalue weighted by molar-refractivity contribution is -0.175. The molecule has 2 heterocycles. The van der Waals surface area contributed by atoms with Crippen molar-refractivity contribution < 1.29 is 19.0 Å². The molecule has 2 aromatic heterocycles. The van der Waals surface area contributed by atoms with E-state index in [1.54, 1.807) is 19.2 Å². The predicted molar refractivity (Wildman–Crippen MR) is 121 cm³/mol. The highest BCUT2D eigenvalue weighted by atomic mass is 19.1. The molecule has 32 heavy (non-hydrogen) atoms. The summed E-state index contributed by atoms with van der Waals surface area (Å²) >= 11 is 0. The molecule has 4 aromatic rings. The first-order valence-electron chi connectivity index (χ1n) is 10.8. The summed E-state index contributed by atoms with van der Waals surface area (Å²) in [6.07, 6.45) is 2.63. The van der Waals surface area contributed by atoms with E-state index in [2.05, 4.69) is 40.7 Å². The van der Waals surface area contributed by atoms with E-state index in [9.17, 15) is 14.3 Å². The minimum atomic E-state index is -1.14. The van der Waals surface area contributed by atoms with Gasteiger partial charge in [-0.1, -0.05) is 13.8 Å². The fraction of sp³-hybridized carbons (Fsp3) is 0.360. The number of halogens is 1. The fourth-order valence-electron chi connectivity index (χ4n) is 5.18. The number of hydrogen-bond donors (Lipinski definition) is 2. The van der Waals surface area contributed by atoms with Gasteiger partial charge < -0.3 is 14.4 Å². The molecule has 1 fully saturated rings. The number of aromatic amines is 1. The number of aryl methyl sites for hydroxylation is 1. The van der Waals surface area contributed by atoms with Crippen LogP contribution in [0.5, 0.6) is 0 Å². The quantitative estimate of drug-likeness (QED) is 0.438. The number of carboxylic acid groups (broad SMARTS) is 1. The molecule has 1 aliphatic carbocycles. The monoisotopic (exact) mass is 435 g/mol. The molecule has 0 atom stereocenters. The number of carbonyl (C=O) groups is 1. The van der Waals surface area contributed by atoms with Gasteiger partial charge in [-0.05, 0) is 73.1 Å². The number of nitrogens with zero attached hydrogens (tertiary/aromatic N) is 2. The molecular weight excluding hydrogens is 409 g/mol. The lowest BCUT2D eigenvalue weighted by atomic mass is 9.66. The SMILES string of the molecule is CO[C@]1(C(=O)O)C[C@H](c2c(C(C)C)n(-c3ccc(F)c(C)c3)c3cc4cn[nH]c4cc32)C1. The maximum Gasteiger partial charge on any atom is 0.335 e. The van der Waals surface area contributed by atoms with Gasteiger partial charge in [-0.25, -0.2) is 9.18 Å². The Hall–Kier alpha value is -3.19. The van der Waals surface area contributed by atoms with Gasteiger partial charge in [0, 0.05) is 29.3 Å². The molecule has 1 aliphatic rings. The van der Waals surface area contributed by atoms with Crippen molar-refractivity contribution in [2.75, 3.05) is 7.11 Å². The Morgan fingerprint density at radius 2 is 2.06 bits per heavy atom. The number of fused-ring (bicyclic) bond motifs is 2. The van der Waals surface area contributed by atoms with Crippen molar-refractivity contribution in [1.29, 1.82) is 0 Å². The number of benzene rings is 2. The summed E-state index contributed by atoms with van der Waals surface area (Å²) in [4.78, 5) is 11.9. The van der Waals surface area contributed by atoms with E-state index in [4.69, 9.17) is 4.74 Å². The highest BCUT2D eigenvalue weighted by Crippen LogP contribution is 2.52. The van der Waals surface area contributed by atoms with E-state index in [-0.39, 0.29) is 17.7 Å². The summed E-state index contributed by atoms with van der Waals surface area (Å²) in [5.74, 6) is -0.939. The van der Waals surface area contributed by atoms with Gasteiger partial charge >= 0.3 is 5.97 Å². The van der Waals surface area contributed by atoms with Gasteiger partial charge in [-0.3, -0.25) is 5.10 Å². The molecule has 6 nitrogen and oxygen atoms in total. The number of H-pyrrole nitrogens is 1. The number of hydrogen-bond acceptors (Lipinski definition) is 3. The Kier molecular flexibility index (Phi) is 4.64. The summed E-state index contributed by atoms with van der Waals surface area (Å²) in [6, 6.07) is 9.36. The zero-order valence-electron chi connectivity index (χ0n) is 18.6. The number of aromatic nitrogens is 3. The summed E-state index contributed by atoms with van der Waals surface area (Å²) in [5.41, 5.74) is 4.53. The number of aliphatic carboxylic acids is 1. The van der Waals surface area contributed by atoms with Crippen LogP contribution in [0.2, 0.25) is 0 Å². The Bertz CT molecular complexity index is 1360. The van der Waals surface area contributed by atoms with Crippen LogP contribution in [0.1, 0.15) is 55.3 Å². The topological polar surface area (TPSA) is 80.1 Å². The van der Waals surface area contributed by atoms with Gasteiger partial charge in [0.2, 0.25) is 0 Å². The van der Waals surface area contributed by atoms with Crippen molar-refractivity contribution in [3.8, 4) is 5.69 Å². The number of methoxy groups -OCH3 is 1. The van der Waals surface area contributed by atoms with Crippen LogP contribution < -0.4 is 0 Å². The lowest BCUT2D eigenvalue weighted by Gasteiger charge is -2.43. The second kappa shape index (κ2) is 7.17. The van der Waals surface area contributed by atoms with Crippen LogP contribution in [0.15, 0.2) is 36.5 Å². The van der Waals surface area contributed by atoms with E-state index in [0.29, 0.717) is 18.4 Å². The van der Waals surface area contributed by atoms with Crippen LogP contribution in [-0.4, -0.2) is 38.6 Å². The van der Waals surface area contributed by atoms with Gasteiger partial charge in [0.15, 0.2) is 5.60 Å². The van der Waals surface area contributed by atoms with Crippen LogP contribution in [0.25, 0.3) is 27.5 Å². The maximum atomic E-state index is 14.1. The third-order valence-electron chi connectivity index (χ3n) is 6.89. The fourth-order valence-corrected chi connectivity index (χ4v) is 5.18. The van der Waals surface area contributed by atoms with E-state index >= 15 is 0 Å². The molecule has 0 amide bonds. The summed E-state index contributed by atoms with van der Waals surface area (Å²) in [5, 5.41) is 19.0. The average molecular weight is 435 g/mol. The van der Waals surface area contributed by atoms with E-state index in [0.717, 1.165) is 38.8 Å². The first-order valence-corrected chi connectivity index (χ1v) is 10.8. The number of rotatable bonds is 5. The predicted octanol–water partition coefficient (Wildman–Crippen LogP) is 5.42. The Morgan fingerprint density at radius 3 is 2.69 bits per heavy atom. The van der Waals surface area contributed by atoms with E-state index in [1.165, 1.54) is 13.2 Å². The Labute approximate surface area is 185 Å². The highest BCUT2D eigenvalue weighted by Gasteiger charge is 2.53. The molecule has 166 valence electrons. The maximum absolute atomic E-state index is 14.1. The zero-order valence-corrected chi connectivity index (χ0v) is 18.6. The molecule has 0 aliphatic heterocycles. The Balaban J connectivity index is 1.80. The molecule has 0 unspecified atom stereocenters.